The van der Waals surface area contributed by atoms with E-state index in [1.54, 1.807) is 0 Å². The van der Waals surface area contributed by atoms with Crippen LogP contribution in [0, 0.1) is 0 Å². The molecule has 19 heteroatoms. The van der Waals surface area contributed by atoms with Gasteiger partial charge in [0.1, 0.15) is 67.1 Å². The summed E-state index contributed by atoms with van der Waals surface area (Å²) in [4.78, 5) is 0. The van der Waals surface area contributed by atoms with Crippen molar-refractivity contribution in [2.75, 3.05) is 19.7 Å². The molecule has 1 unspecified atom stereocenters. The fourth-order valence-corrected chi connectivity index (χ4v) is 5.74. The van der Waals surface area contributed by atoms with Gasteiger partial charge in [-0.15, -0.1) is 0 Å². The summed E-state index contributed by atoms with van der Waals surface area (Å²) in [5.74, 6) is 0. The lowest BCUT2D eigenvalue weighted by Crippen LogP contribution is -2.68. The van der Waals surface area contributed by atoms with Crippen molar-refractivity contribution in [1.82, 2.24) is 0 Å². The Balaban J connectivity index is 1.50. The van der Waals surface area contributed by atoms with E-state index in [1.807, 2.05) is 0 Å². The highest BCUT2D eigenvalue weighted by Crippen LogP contribution is 2.34. The Labute approximate surface area is 241 Å². The van der Waals surface area contributed by atoms with Gasteiger partial charge >= 0.3 is 0 Å². The molecule has 0 bridgehead atoms. The molecule has 19 nitrogen and oxygen atoms in total. The molecule has 3 heterocycles. The van der Waals surface area contributed by atoms with Crippen LogP contribution in [-0.4, -0.2) is 172 Å². The molecule has 4 rings (SSSR count). The summed E-state index contributed by atoms with van der Waals surface area (Å²) >= 11 is 0. The highest BCUT2D eigenvalue weighted by molar-refractivity contribution is 5.02. The van der Waals surface area contributed by atoms with Crippen LogP contribution in [-0.2, 0) is 28.4 Å². The highest BCUT2D eigenvalue weighted by atomic mass is 16.8. The third-order valence-corrected chi connectivity index (χ3v) is 8.37. The number of hydrogen-bond acceptors (Lipinski definition) is 19. The zero-order valence-electron chi connectivity index (χ0n) is 22.8. The molecule has 3 saturated heterocycles. The van der Waals surface area contributed by atoms with Crippen LogP contribution in [0.2, 0.25) is 0 Å². The molecule has 42 heavy (non-hydrogen) atoms. The van der Waals surface area contributed by atoms with Gasteiger partial charge in [-0.05, 0) is 6.42 Å². The summed E-state index contributed by atoms with van der Waals surface area (Å²) < 4.78 is 34.6. The topological polar surface area (TPSA) is 353 Å². The van der Waals surface area contributed by atoms with Crippen LogP contribution in [0.3, 0.4) is 0 Å². The van der Waals surface area contributed by atoms with Crippen LogP contribution < -0.4 is 34.4 Å². The third kappa shape index (κ3) is 6.60. The van der Waals surface area contributed by atoms with Gasteiger partial charge in [0, 0.05) is 25.2 Å². The molecule has 1 saturated carbocycles. The maximum Gasteiger partial charge on any atom is 0.187 e. The first-order valence-corrected chi connectivity index (χ1v) is 13.9. The van der Waals surface area contributed by atoms with Gasteiger partial charge in [-0.2, -0.15) is 0 Å². The lowest BCUT2D eigenvalue weighted by Gasteiger charge is -2.47. The van der Waals surface area contributed by atoms with E-state index in [2.05, 4.69) is 0 Å². The first kappa shape index (κ1) is 34.1. The molecule has 3 aliphatic heterocycles. The first-order valence-electron chi connectivity index (χ1n) is 13.9. The maximum absolute atomic E-state index is 11.1. The largest absolute Gasteiger partial charge is 0.394 e. The molecular formula is C23H46N6O13. The average Bonchev–Trinajstić information content (AvgIpc) is 3.27. The Kier molecular flexibility index (Phi) is 11.5. The van der Waals surface area contributed by atoms with E-state index in [4.69, 9.17) is 62.8 Å². The summed E-state index contributed by atoms with van der Waals surface area (Å²) in [5, 5.41) is 73.0. The summed E-state index contributed by atoms with van der Waals surface area (Å²) in [5.41, 5.74) is 35.6. The quantitative estimate of drug-likeness (QED) is 0.115. The second-order valence-corrected chi connectivity index (χ2v) is 11.2. The highest BCUT2D eigenvalue weighted by Gasteiger charge is 2.54. The summed E-state index contributed by atoms with van der Waals surface area (Å²) in [7, 11) is 0. The van der Waals surface area contributed by atoms with Crippen LogP contribution in [0.15, 0.2) is 0 Å². The zero-order valence-corrected chi connectivity index (χ0v) is 22.8. The molecule has 0 radical (unpaired) electrons. The molecule has 0 aromatic carbocycles. The fourth-order valence-electron chi connectivity index (χ4n) is 5.74. The standard InChI is InChI=1S/C23H46N6O13/c24-2-7-13(32)15(34)10(28)21(37-7)40-18-6(27)1-5(26)12(31)20(18)42-23-17(36)19(9(4-30)39-23)41-22-11(29)16(35)14(33)8(3-25)38-22/h5-23,30-36H,1-4,24-29H2/t5-,6+,7+,8?,9+,10+,11+,12+,13+,14+,15+,16+,17+,18-,19+,20-,21+,22+,23-/m0/s1. The van der Waals surface area contributed by atoms with E-state index in [1.165, 1.54) is 0 Å². The second kappa shape index (κ2) is 14.1. The molecular weight excluding hydrogens is 568 g/mol. The van der Waals surface area contributed by atoms with Crippen molar-refractivity contribution < 1.29 is 64.2 Å². The van der Waals surface area contributed by atoms with Crippen molar-refractivity contribution >= 4 is 0 Å². The predicted molar refractivity (Wildman–Crippen MR) is 138 cm³/mol. The van der Waals surface area contributed by atoms with Gasteiger partial charge in [0.2, 0.25) is 0 Å². The molecule has 0 amide bonds. The van der Waals surface area contributed by atoms with Gasteiger partial charge in [0.25, 0.3) is 0 Å². The maximum atomic E-state index is 11.1. The lowest BCUT2D eigenvalue weighted by molar-refractivity contribution is -0.306. The van der Waals surface area contributed by atoms with Gasteiger partial charge in [0.05, 0.1) is 24.8 Å². The smallest absolute Gasteiger partial charge is 0.187 e. The van der Waals surface area contributed by atoms with Crippen LogP contribution >= 0.6 is 0 Å². The molecule has 0 aromatic rings. The van der Waals surface area contributed by atoms with Crippen LogP contribution in [0.25, 0.3) is 0 Å². The lowest BCUT2D eigenvalue weighted by atomic mass is 9.84. The number of hydrogen-bond donors (Lipinski definition) is 13. The van der Waals surface area contributed by atoms with Crippen molar-refractivity contribution in [3.8, 4) is 0 Å². The minimum absolute atomic E-state index is 0.0889. The molecule has 4 aliphatic rings. The van der Waals surface area contributed by atoms with Crippen LogP contribution in [0.5, 0.6) is 0 Å². The fraction of sp³-hybridized carbons (Fsp3) is 1.00. The predicted octanol–water partition coefficient (Wildman–Crippen LogP) is -8.90. The van der Waals surface area contributed by atoms with E-state index in [-0.39, 0.29) is 19.5 Å². The minimum atomic E-state index is -1.60. The summed E-state index contributed by atoms with van der Waals surface area (Å²) in [6.07, 6.45) is -19.8. The number of ether oxygens (including phenoxy) is 6. The van der Waals surface area contributed by atoms with Crippen LogP contribution in [0.4, 0.5) is 0 Å². The molecule has 1 aliphatic carbocycles. The first-order chi connectivity index (χ1) is 19.8. The Bertz CT molecular complexity index is 868. The number of aliphatic hydroxyl groups excluding tert-OH is 7. The van der Waals surface area contributed by atoms with Gasteiger partial charge < -0.3 is 98.6 Å². The van der Waals surface area contributed by atoms with E-state index >= 15 is 0 Å². The normalized spacial score (nSPS) is 53.8. The van der Waals surface area contributed by atoms with Gasteiger partial charge in [-0.1, -0.05) is 0 Å². The Morgan fingerprint density at radius 2 is 0.976 bits per heavy atom. The van der Waals surface area contributed by atoms with Gasteiger partial charge in [-0.25, -0.2) is 0 Å². The number of nitrogens with two attached hydrogens (primary N) is 6. The molecule has 246 valence electrons. The van der Waals surface area contributed by atoms with E-state index in [9.17, 15) is 35.7 Å². The third-order valence-electron chi connectivity index (χ3n) is 8.37. The van der Waals surface area contributed by atoms with Crippen LogP contribution in [0.1, 0.15) is 6.42 Å². The molecule has 19 atom stereocenters. The monoisotopic (exact) mass is 614 g/mol. The Morgan fingerprint density at radius 1 is 0.524 bits per heavy atom. The molecule has 19 N–H and O–H groups in total. The summed E-state index contributed by atoms with van der Waals surface area (Å²) in [6.45, 7) is -0.967. The molecule has 4 fully saturated rings. The van der Waals surface area contributed by atoms with Gasteiger partial charge in [0.15, 0.2) is 18.9 Å². The average molecular weight is 615 g/mol. The molecule has 0 spiro atoms. The zero-order chi connectivity index (χ0) is 31.0. The minimum Gasteiger partial charge on any atom is -0.394 e. The van der Waals surface area contributed by atoms with Crippen molar-refractivity contribution in [1.29, 1.82) is 0 Å². The summed E-state index contributed by atoms with van der Waals surface area (Å²) in [6, 6.07) is -4.18. The molecule has 0 aromatic heterocycles. The van der Waals surface area contributed by atoms with E-state index in [0.29, 0.717) is 0 Å². The van der Waals surface area contributed by atoms with Crippen molar-refractivity contribution in [2.45, 2.75) is 123 Å². The van der Waals surface area contributed by atoms with Crippen molar-refractivity contribution in [2.24, 2.45) is 34.4 Å². The number of aliphatic hydroxyl groups is 7. The Hall–Kier alpha value is -0.760. The SMILES string of the molecule is NCC1O[C@H](O[C@H]2[C@@H](O)[C@H](O[C@H]3[C@H](O)[C@@H](N)C[C@@H](N)[C@@H]3O[C@H]3O[C@H](CN)[C@@H](O)[C@H](O)[C@H]3N)O[C@@H]2CO)[C@H](N)[C@@H](O)[C@@H]1O. The van der Waals surface area contributed by atoms with Crippen molar-refractivity contribution in [3.63, 3.8) is 0 Å². The number of rotatable bonds is 9. The van der Waals surface area contributed by atoms with E-state index in [0.717, 1.165) is 0 Å². The van der Waals surface area contributed by atoms with E-state index < -0.39 is 123 Å². The second-order valence-electron chi connectivity index (χ2n) is 11.2. The van der Waals surface area contributed by atoms with Gasteiger partial charge in [-0.3, -0.25) is 0 Å². The van der Waals surface area contributed by atoms with Crippen molar-refractivity contribution in [3.05, 3.63) is 0 Å². The Morgan fingerprint density at radius 3 is 1.45 bits per heavy atom.